The fourth-order valence-electron chi connectivity index (χ4n) is 2.47. The highest BCUT2D eigenvalue weighted by Crippen LogP contribution is 2.31. The van der Waals surface area contributed by atoms with Crippen LogP contribution in [0.3, 0.4) is 0 Å². The highest BCUT2D eigenvalue weighted by atomic mass is 35.5. The van der Waals surface area contributed by atoms with Gasteiger partial charge in [-0.1, -0.05) is 11.6 Å². The summed E-state index contributed by atoms with van der Waals surface area (Å²) in [6.45, 7) is 2.45. The van der Waals surface area contributed by atoms with Gasteiger partial charge in [-0.3, -0.25) is 4.79 Å². The Kier molecular flexibility index (Phi) is 11.1. The summed E-state index contributed by atoms with van der Waals surface area (Å²) in [5.74, 6) is -0.553. The van der Waals surface area contributed by atoms with Crippen LogP contribution in [0.2, 0.25) is 5.15 Å². The summed E-state index contributed by atoms with van der Waals surface area (Å²) in [6.07, 6.45) is -14.7. The number of nitrogen functional groups attached to an aromatic ring is 3. The van der Waals surface area contributed by atoms with Crippen molar-refractivity contribution in [2.45, 2.75) is 38.5 Å². The average molecular weight is 607 g/mol. The van der Waals surface area contributed by atoms with Crippen molar-refractivity contribution in [2.75, 3.05) is 17.2 Å². The van der Waals surface area contributed by atoms with Gasteiger partial charge in [0.25, 0.3) is 0 Å². The fraction of sp³-hybridized carbons (Fsp3) is 0.273. The van der Waals surface area contributed by atoms with Gasteiger partial charge in [0, 0.05) is 24.0 Å². The van der Waals surface area contributed by atoms with Gasteiger partial charge >= 0.3 is 18.5 Å². The average Bonchev–Trinajstić information content (AvgIpc) is 2.76. The zero-order valence-electron chi connectivity index (χ0n) is 20.3. The number of anilines is 3. The topological polar surface area (TPSA) is 154 Å². The maximum atomic E-state index is 12.2. The van der Waals surface area contributed by atoms with Crippen molar-refractivity contribution in [1.29, 1.82) is 0 Å². The molecule has 1 atom stereocenters. The van der Waals surface area contributed by atoms with Crippen LogP contribution in [-0.4, -0.2) is 25.8 Å². The Morgan fingerprint density at radius 3 is 1.48 bits per heavy atom. The lowest BCUT2D eigenvalue weighted by Gasteiger charge is -2.10. The van der Waals surface area contributed by atoms with Crippen molar-refractivity contribution in [1.82, 2.24) is 15.0 Å². The molecule has 0 saturated heterocycles. The summed E-state index contributed by atoms with van der Waals surface area (Å²) < 4.78 is 109. The highest BCUT2D eigenvalue weighted by molar-refractivity contribution is 6.29. The molecule has 7 N–H and O–H groups in total. The number of carbonyl (C=O) groups is 1. The van der Waals surface area contributed by atoms with Gasteiger partial charge in [-0.25, -0.2) is 15.0 Å². The number of aliphatic hydroxyl groups is 1. The SMILES string of the molecule is CC(=O)c1cc(N)cc(C(F)(F)F)n1.CC(O)c1cc(N)cc(C(F)(F)F)n1.Nc1cc(Cl)nc(C(F)(F)F)c1. The van der Waals surface area contributed by atoms with Crippen molar-refractivity contribution in [2.24, 2.45) is 0 Å². The third kappa shape index (κ3) is 11.1. The molecule has 0 radical (unpaired) electrons. The second-order valence-corrected chi connectivity index (χ2v) is 8.10. The van der Waals surface area contributed by atoms with Crippen LogP contribution in [0.15, 0.2) is 36.4 Å². The van der Waals surface area contributed by atoms with Crippen LogP contribution in [0, 0.1) is 0 Å². The van der Waals surface area contributed by atoms with Crippen molar-refractivity contribution in [3.05, 3.63) is 70.0 Å². The van der Waals surface area contributed by atoms with Crippen LogP contribution in [0.25, 0.3) is 0 Å². The summed E-state index contributed by atoms with van der Waals surface area (Å²) in [5.41, 5.74) is 11.6. The number of aliphatic hydroxyl groups excluding tert-OH is 1. The molecule has 18 heteroatoms. The molecule has 0 aliphatic carbocycles. The van der Waals surface area contributed by atoms with E-state index in [1.165, 1.54) is 13.0 Å². The van der Waals surface area contributed by atoms with Gasteiger partial charge in [0.15, 0.2) is 5.78 Å². The molecule has 0 aliphatic heterocycles. The van der Waals surface area contributed by atoms with Gasteiger partial charge in [-0.05, 0) is 43.3 Å². The zero-order chi connectivity index (χ0) is 31.2. The maximum absolute atomic E-state index is 12.2. The van der Waals surface area contributed by atoms with Gasteiger partial charge < -0.3 is 22.3 Å². The molecule has 3 aromatic rings. The number of ketones is 1. The summed E-state index contributed by atoms with van der Waals surface area (Å²) in [5, 5.41) is 8.79. The number of Topliss-reactive ketones (excluding diaryl/α,β-unsaturated/α-hetero) is 1. The molecule has 3 rings (SSSR count). The zero-order valence-corrected chi connectivity index (χ0v) is 21.0. The lowest BCUT2D eigenvalue weighted by atomic mass is 10.2. The molecule has 0 aromatic carbocycles. The first kappa shape index (κ1) is 34.2. The Morgan fingerprint density at radius 1 is 0.725 bits per heavy atom. The van der Waals surface area contributed by atoms with Crippen LogP contribution in [-0.2, 0) is 18.5 Å². The van der Waals surface area contributed by atoms with Gasteiger partial charge in [-0.15, -0.1) is 0 Å². The molecule has 0 amide bonds. The van der Waals surface area contributed by atoms with E-state index in [2.05, 4.69) is 15.0 Å². The van der Waals surface area contributed by atoms with E-state index in [0.29, 0.717) is 6.07 Å². The summed E-state index contributed by atoms with van der Waals surface area (Å²) in [6, 6.07) is 5.61. The second kappa shape index (κ2) is 13.0. The standard InChI is InChI=1S/C8H9F3N2O.C8H7F3N2O.C6H4ClF3N2/c2*1-4(14)6-2-5(12)3-7(13-6)8(9,10)11;7-5-2-3(11)1-4(12-5)6(8,9)10/h2-4,14H,1H3,(H2,12,13);2-3H,1H3,(H2,12,13);1-2H,(H2,11,12). The number of nitrogens with two attached hydrogens (primary N) is 3. The van der Waals surface area contributed by atoms with Crippen LogP contribution in [0.4, 0.5) is 56.6 Å². The Morgan fingerprint density at radius 2 is 1.10 bits per heavy atom. The minimum absolute atomic E-state index is 0.0534. The first-order valence-electron chi connectivity index (χ1n) is 10.4. The van der Waals surface area contributed by atoms with Gasteiger partial charge in [-0.2, -0.15) is 39.5 Å². The first-order valence-corrected chi connectivity index (χ1v) is 10.8. The number of rotatable bonds is 2. The summed E-state index contributed by atoms with van der Waals surface area (Å²) >= 11 is 5.27. The van der Waals surface area contributed by atoms with Crippen molar-refractivity contribution in [3.8, 4) is 0 Å². The number of carbonyl (C=O) groups excluding carboxylic acids is 1. The number of aromatic nitrogens is 3. The number of pyridine rings is 3. The van der Waals surface area contributed by atoms with Crippen LogP contribution in [0.1, 0.15) is 53.2 Å². The van der Waals surface area contributed by atoms with E-state index in [9.17, 15) is 44.3 Å². The van der Waals surface area contributed by atoms with E-state index in [1.54, 1.807) is 0 Å². The predicted molar refractivity (Wildman–Crippen MR) is 127 cm³/mol. The van der Waals surface area contributed by atoms with E-state index in [-0.39, 0.29) is 33.6 Å². The number of hydrogen-bond donors (Lipinski definition) is 4. The van der Waals surface area contributed by atoms with E-state index >= 15 is 0 Å². The number of nitrogens with zero attached hydrogens (tertiary/aromatic N) is 3. The quantitative estimate of drug-likeness (QED) is 0.158. The Labute approximate surface area is 225 Å². The molecule has 220 valence electrons. The number of halogens is 10. The molecule has 3 aromatic heterocycles. The minimum atomic E-state index is -4.58. The predicted octanol–water partition coefficient (Wildman–Crippen LogP) is 5.96. The molecule has 0 aliphatic rings. The van der Waals surface area contributed by atoms with E-state index in [1.807, 2.05) is 0 Å². The molecule has 8 nitrogen and oxygen atoms in total. The first-order chi connectivity index (χ1) is 18.0. The summed E-state index contributed by atoms with van der Waals surface area (Å²) in [4.78, 5) is 20.3. The number of hydrogen-bond acceptors (Lipinski definition) is 8. The second-order valence-electron chi connectivity index (χ2n) is 7.72. The van der Waals surface area contributed by atoms with E-state index < -0.39 is 47.5 Å². The Balaban J connectivity index is 0.000000301. The van der Waals surface area contributed by atoms with Crippen LogP contribution < -0.4 is 17.2 Å². The minimum Gasteiger partial charge on any atom is -0.399 e. The molecule has 1 unspecified atom stereocenters. The molecule has 3 heterocycles. The van der Waals surface area contributed by atoms with Crippen molar-refractivity contribution in [3.63, 3.8) is 0 Å². The molecule has 0 fully saturated rings. The Bertz CT molecular complexity index is 1310. The molecular formula is C22H20ClF9N6O2. The maximum Gasteiger partial charge on any atom is 0.433 e. The van der Waals surface area contributed by atoms with Gasteiger partial charge in [0.2, 0.25) is 0 Å². The molecule has 0 saturated carbocycles. The van der Waals surface area contributed by atoms with E-state index in [4.69, 9.17) is 33.9 Å². The highest BCUT2D eigenvalue weighted by Gasteiger charge is 2.34. The fourth-order valence-corrected chi connectivity index (χ4v) is 2.69. The van der Waals surface area contributed by atoms with Crippen molar-refractivity contribution < 1.29 is 49.4 Å². The monoisotopic (exact) mass is 606 g/mol. The van der Waals surface area contributed by atoms with Crippen LogP contribution in [0.5, 0.6) is 0 Å². The van der Waals surface area contributed by atoms with E-state index in [0.717, 1.165) is 31.2 Å². The van der Waals surface area contributed by atoms with Crippen LogP contribution >= 0.6 is 11.6 Å². The Hall–Kier alpha value is -3.86. The van der Waals surface area contributed by atoms with Gasteiger partial charge in [0.1, 0.15) is 27.9 Å². The lowest BCUT2D eigenvalue weighted by molar-refractivity contribution is -0.142. The van der Waals surface area contributed by atoms with Gasteiger partial charge in [0.05, 0.1) is 11.8 Å². The molecule has 0 bridgehead atoms. The smallest absolute Gasteiger partial charge is 0.399 e. The number of alkyl halides is 9. The largest absolute Gasteiger partial charge is 0.433 e. The summed E-state index contributed by atoms with van der Waals surface area (Å²) in [7, 11) is 0. The molecule has 40 heavy (non-hydrogen) atoms. The van der Waals surface area contributed by atoms with Crippen molar-refractivity contribution >= 4 is 34.4 Å². The molecule has 0 spiro atoms. The third-order valence-corrected chi connectivity index (χ3v) is 4.39. The normalized spacial score (nSPS) is 12.4. The lowest BCUT2D eigenvalue weighted by Crippen LogP contribution is -2.12. The molecular weight excluding hydrogens is 587 g/mol. The third-order valence-electron chi connectivity index (χ3n) is 4.19.